The summed E-state index contributed by atoms with van der Waals surface area (Å²) in [5.41, 5.74) is 0. The van der Waals surface area contributed by atoms with E-state index >= 15 is 0 Å². The Morgan fingerprint density at radius 1 is 0.952 bits per heavy atom. The molecule has 2 N–H and O–H groups in total. The summed E-state index contributed by atoms with van der Waals surface area (Å²) in [5.74, 6) is -2.09. The summed E-state index contributed by atoms with van der Waals surface area (Å²) in [5, 5.41) is 19.9. The summed E-state index contributed by atoms with van der Waals surface area (Å²) in [6, 6.07) is 0. The maximum atomic E-state index is 11.1. The highest BCUT2D eigenvalue weighted by atomic mass is 16.7. The van der Waals surface area contributed by atoms with Gasteiger partial charge in [0.25, 0.3) is 0 Å². The van der Waals surface area contributed by atoms with Gasteiger partial charge in [-0.1, -0.05) is 0 Å². The zero-order valence-electron chi connectivity index (χ0n) is 11.8. The lowest BCUT2D eigenvalue weighted by Gasteiger charge is -2.41. The first-order valence-electron chi connectivity index (χ1n) is 6.21. The molecule has 0 spiro atoms. The van der Waals surface area contributed by atoms with Crippen LogP contribution >= 0.6 is 0 Å². The molecule has 0 aliphatic carbocycles. The van der Waals surface area contributed by atoms with Gasteiger partial charge in [0, 0.05) is 20.8 Å². The van der Waals surface area contributed by atoms with Crippen LogP contribution in [-0.2, 0) is 33.3 Å². The Hall–Kier alpha value is -1.71. The zero-order chi connectivity index (χ0) is 16.2. The summed E-state index contributed by atoms with van der Waals surface area (Å²) in [4.78, 5) is 32.9. The molecular formula is C12H18O9. The van der Waals surface area contributed by atoms with Gasteiger partial charge in [-0.05, 0) is 0 Å². The van der Waals surface area contributed by atoms with Crippen molar-refractivity contribution in [1.82, 2.24) is 0 Å². The van der Waals surface area contributed by atoms with Crippen molar-refractivity contribution in [1.29, 1.82) is 0 Å². The number of carbonyl (C=O) groups excluding carboxylic acids is 3. The van der Waals surface area contributed by atoms with E-state index in [1.165, 1.54) is 0 Å². The van der Waals surface area contributed by atoms with E-state index in [1.54, 1.807) is 0 Å². The molecule has 1 aliphatic rings. The fraction of sp³-hybridized carbons (Fsp3) is 0.750. The fourth-order valence-corrected chi connectivity index (χ4v) is 1.89. The Morgan fingerprint density at radius 3 is 1.95 bits per heavy atom. The number of ether oxygens (including phenoxy) is 4. The van der Waals surface area contributed by atoms with Crippen molar-refractivity contribution in [3.8, 4) is 0 Å². The largest absolute Gasteiger partial charge is 0.463 e. The third-order valence-electron chi connectivity index (χ3n) is 2.69. The average molecular weight is 306 g/mol. The lowest BCUT2D eigenvalue weighted by Crippen LogP contribution is -2.61. The van der Waals surface area contributed by atoms with Gasteiger partial charge in [-0.15, -0.1) is 0 Å². The van der Waals surface area contributed by atoms with Crippen LogP contribution in [0.2, 0.25) is 0 Å². The Bertz CT molecular complexity index is 408. The molecule has 0 aromatic heterocycles. The second-order valence-corrected chi connectivity index (χ2v) is 4.51. The maximum Gasteiger partial charge on any atom is 0.303 e. The van der Waals surface area contributed by atoms with Gasteiger partial charge in [0.2, 0.25) is 0 Å². The third kappa shape index (κ3) is 4.96. The van der Waals surface area contributed by atoms with Gasteiger partial charge in [-0.25, -0.2) is 0 Å². The predicted molar refractivity (Wildman–Crippen MR) is 64.6 cm³/mol. The van der Waals surface area contributed by atoms with Crippen molar-refractivity contribution in [2.75, 3.05) is 6.61 Å². The number of aliphatic hydroxyl groups excluding tert-OH is 2. The quantitative estimate of drug-likeness (QED) is 0.470. The Morgan fingerprint density at radius 2 is 1.48 bits per heavy atom. The molecule has 0 amide bonds. The predicted octanol–water partition coefficient (Wildman–Crippen LogP) is -1.51. The van der Waals surface area contributed by atoms with Gasteiger partial charge < -0.3 is 29.2 Å². The van der Waals surface area contributed by atoms with Crippen LogP contribution < -0.4 is 0 Å². The van der Waals surface area contributed by atoms with Crippen LogP contribution in [0.3, 0.4) is 0 Å². The Kier molecular flexibility index (Phi) is 6.06. The van der Waals surface area contributed by atoms with E-state index in [1.807, 2.05) is 0 Å². The number of carbonyl (C=O) groups is 3. The SMILES string of the molecule is CC(=O)OC[C@H]1O[C@H](O)[C@H](OC(C)=O)[C@@H](OC(C)=O)[C@@H]1O. The molecule has 1 saturated heterocycles. The Labute approximate surface area is 120 Å². The number of hydrogen-bond acceptors (Lipinski definition) is 9. The number of esters is 3. The van der Waals surface area contributed by atoms with Crippen LogP contribution in [0.15, 0.2) is 0 Å². The second kappa shape index (κ2) is 7.34. The molecule has 9 heteroatoms. The first-order chi connectivity index (χ1) is 9.72. The highest BCUT2D eigenvalue weighted by Crippen LogP contribution is 2.25. The fourth-order valence-electron chi connectivity index (χ4n) is 1.89. The Balaban J connectivity index is 2.87. The van der Waals surface area contributed by atoms with Crippen LogP contribution in [0.25, 0.3) is 0 Å². The standard InChI is InChI=1S/C12H18O9/c1-5(13)18-4-8-9(16)10(19-6(2)14)11(12(17)21-8)20-7(3)15/h8-12,16-17H,4H2,1-3H3/t8-,9-,10+,11-,12+/m1/s1. The molecule has 21 heavy (non-hydrogen) atoms. The third-order valence-corrected chi connectivity index (χ3v) is 2.69. The molecule has 0 aromatic rings. The van der Waals surface area contributed by atoms with Crippen LogP contribution in [0, 0.1) is 0 Å². The summed E-state index contributed by atoms with van der Waals surface area (Å²) in [6.07, 6.45) is -6.92. The highest BCUT2D eigenvalue weighted by molar-refractivity contribution is 5.67. The second-order valence-electron chi connectivity index (χ2n) is 4.51. The van der Waals surface area contributed by atoms with Crippen molar-refractivity contribution in [2.24, 2.45) is 0 Å². The van der Waals surface area contributed by atoms with Gasteiger partial charge in [0.05, 0.1) is 0 Å². The molecule has 0 unspecified atom stereocenters. The minimum atomic E-state index is -1.64. The molecule has 1 rings (SSSR count). The van der Waals surface area contributed by atoms with Crippen molar-refractivity contribution in [2.45, 2.75) is 51.5 Å². The molecule has 0 bridgehead atoms. The average Bonchev–Trinajstić information content (AvgIpc) is 2.35. The van der Waals surface area contributed by atoms with E-state index in [9.17, 15) is 24.6 Å². The van der Waals surface area contributed by atoms with Gasteiger partial charge in [-0.3, -0.25) is 14.4 Å². The summed E-state index contributed by atoms with van der Waals surface area (Å²) < 4.78 is 19.4. The summed E-state index contributed by atoms with van der Waals surface area (Å²) in [6.45, 7) is 3.00. The van der Waals surface area contributed by atoms with E-state index in [-0.39, 0.29) is 6.61 Å². The van der Waals surface area contributed by atoms with E-state index in [4.69, 9.17) is 14.2 Å². The van der Waals surface area contributed by atoms with Gasteiger partial charge in [0.15, 0.2) is 18.5 Å². The molecule has 0 aromatic carbocycles. The van der Waals surface area contributed by atoms with Crippen molar-refractivity contribution in [3.05, 3.63) is 0 Å². The minimum Gasteiger partial charge on any atom is -0.463 e. The van der Waals surface area contributed by atoms with Gasteiger partial charge in [-0.2, -0.15) is 0 Å². The van der Waals surface area contributed by atoms with Crippen LogP contribution in [-0.4, -0.2) is 65.4 Å². The number of hydrogen-bond donors (Lipinski definition) is 2. The van der Waals surface area contributed by atoms with Gasteiger partial charge >= 0.3 is 17.9 Å². The molecule has 1 aliphatic heterocycles. The summed E-state index contributed by atoms with van der Waals surface area (Å²) in [7, 11) is 0. The van der Waals surface area contributed by atoms with E-state index in [0.717, 1.165) is 20.8 Å². The zero-order valence-corrected chi connectivity index (χ0v) is 11.8. The molecule has 5 atom stereocenters. The topological polar surface area (TPSA) is 129 Å². The molecule has 120 valence electrons. The minimum absolute atomic E-state index is 0.349. The molecule has 0 radical (unpaired) electrons. The lowest BCUT2D eigenvalue weighted by molar-refractivity contribution is -0.293. The van der Waals surface area contributed by atoms with E-state index < -0.39 is 48.6 Å². The lowest BCUT2D eigenvalue weighted by atomic mass is 9.98. The van der Waals surface area contributed by atoms with Crippen LogP contribution in [0.1, 0.15) is 20.8 Å². The maximum absolute atomic E-state index is 11.1. The molecule has 1 heterocycles. The molecule has 9 nitrogen and oxygen atoms in total. The monoisotopic (exact) mass is 306 g/mol. The summed E-state index contributed by atoms with van der Waals surface area (Å²) >= 11 is 0. The first-order valence-corrected chi connectivity index (χ1v) is 6.21. The van der Waals surface area contributed by atoms with Crippen molar-refractivity contribution in [3.63, 3.8) is 0 Å². The molecule has 0 saturated carbocycles. The highest BCUT2D eigenvalue weighted by Gasteiger charge is 2.49. The van der Waals surface area contributed by atoms with Crippen molar-refractivity contribution < 1.29 is 43.5 Å². The van der Waals surface area contributed by atoms with Gasteiger partial charge in [0.1, 0.15) is 18.8 Å². The molecular weight excluding hydrogens is 288 g/mol. The van der Waals surface area contributed by atoms with Crippen LogP contribution in [0.4, 0.5) is 0 Å². The van der Waals surface area contributed by atoms with E-state index in [2.05, 4.69) is 4.74 Å². The number of aliphatic hydroxyl groups is 2. The number of rotatable bonds is 4. The molecule has 1 fully saturated rings. The van der Waals surface area contributed by atoms with Crippen molar-refractivity contribution >= 4 is 17.9 Å². The first kappa shape index (κ1) is 17.3. The van der Waals surface area contributed by atoms with Crippen LogP contribution in [0.5, 0.6) is 0 Å². The smallest absolute Gasteiger partial charge is 0.303 e. The van der Waals surface area contributed by atoms with E-state index in [0.29, 0.717) is 0 Å². The normalized spacial score (nSPS) is 32.1.